The Bertz CT molecular complexity index is 786. The zero-order valence-corrected chi connectivity index (χ0v) is 14.5. The summed E-state index contributed by atoms with van der Waals surface area (Å²) < 4.78 is 5.31. The van der Waals surface area contributed by atoms with Gasteiger partial charge >= 0.3 is 0 Å². The topological polar surface area (TPSA) is 97.6 Å². The first kappa shape index (κ1) is 17.5. The van der Waals surface area contributed by atoms with Crippen LogP contribution >= 0.6 is 11.3 Å². The molecule has 1 aliphatic rings. The summed E-state index contributed by atoms with van der Waals surface area (Å²) in [7, 11) is 0. The summed E-state index contributed by atoms with van der Waals surface area (Å²) in [6.45, 7) is 5.53. The monoisotopic (exact) mass is 362 g/mol. The highest BCUT2D eigenvalue weighted by atomic mass is 32.1. The molecule has 1 aromatic carbocycles. The maximum absolute atomic E-state index is 12.3. The van der Waals surface area contributed by atoms with Gasteiger partial charge in [0.25, 0.3) is 11.6 Å². The quantitative estimate of drug-likeness (QED) is 0.648. The van der Waals surface area contributed by atoms with Crippen molar-refractivity contribution < 1.29 is 14.5 Å². The number of rotatable bonds is 5. The third-order valence-corrected chi connectivity index (χ3v) is 4.74. The Morgan fingerprint density at radius 2 is 2.20 bits per heavy atom. The number of nitro groups is 1. The Morgan fingerprint density at radius 3 is 2.92 bits per heavy atom. The van der Waals surface area contributed by atoms with E-state index in [1.165, 1.54) is 17.4 Å². The van der Waals surface area contributed by atoms with E-state index in [2.05, 4.69) is 15.2 Å². The van der Waals surface area contributed by atoms with Crippen LogP contribution in [0.2, 0.25) is 0 Å². The number of nitro benzene ring substituents is 1. The molecule has 1 amide bonds. The molecule has 0 unspecified atom stereocenters. The zero-order valence-electron chi connectivity index (χ0n) is 13.7. The summed E-state index contributed by atoms with van der Waals surface area (Å²) in [5, 5.41) is 16.1. The molecule has 2 heterocycles. The highest BCUT2D eigenvalue weighted by Gasteiger charge is 2.17. The van der Waals surface area contributed by atoms with Crippen molar-refractivity contribution >= 4 is 28.1 Å². The molecule has 1 aromatic heterocycles. The van der Waals surface area contributed by atoms with Crippen molar-refractivity contribution in [1.82, 2.24) is 9.88 Å². The van der Waals surface area contributed by atoms with Gasteiger partial charge in [-0.1, -0.05) is 6.07 Å². The van der Waals surface area contributed by atoms with Gasteiger partial charge in [-0.05, 0) is 13.0 Å². The smallest absolute Gasteiger partial charge is 0.273 e. The van der Waals surface area contributed by atoms with E-state index in [0.717, 1.165) is 32.0 Å². The molecule has 1 saturated heterocycles. The highest BCUT2D eigenvalue weighted by molar-refractivity contribution is 7.13. The fourth-order valence-electron chi connectivity index (χ4n) is 2.54. The molecule has 0 radical (unpaired) electrons. The minimum atomic E-state index is -0.490. The molecule has 0 bridgehead atoms. The Morgan fingerprint density at radius 1 is 1.44 bits per heavy atom. The SMILES string of the molecule is Cc1ccc(C(=O)Nc2nc(CN3CCOCC3)cs2)cc1[N+](=O)[O-]. The van der Waals surface area contributed by atoms with Gasteiger partial charge in [-0.2, -0.15) is 0 Å². The second-order valence-corrected chi connectivity index (χ2v) is 6.60. The van der Waals surface area contributed by atoms with Gasteiger partial charge in [0.1, 0.15) is 0 Å². The first-order valence-corrected chi connectivity index (χ1v) is 8.72. The Hall–Kier alpha value is -2.36. The Kier molecular flexibility index (Phi) is 5.37. The number of nitrogens with one attached hydrogen (secondary N) is 1. The molecule has 25 heavy (non-hydrogen) atoms. The van der Waals surface area contributed by atoms with Gasteiger partial charge in [0.05, 0.1) is 23.8 Å². The van der Waals surface area contributed by atoms with Crippen molar-refractivity contribution in [3.8, 4) is 0 Å². The number of morpholine rings is 1. The van der Waals surface area contributed by atoms with Crippen molar-refractivity contribution in [1.29, 1.82) is 0 Å². The minimum Gasteiger partial charge on any atom is -0.379 e. The number of ether oxygens (including phenoxy) is 1. The summed E-state index contributed by atoms with van der Waals surface area (Å²) in [6, 6.07) is 4.42. The van der Waals surface area contributed by atoms with Gasteiger partial charge in [-0.25, -0.2) is 4.98 Å². The standard InChI is InChI=1S/C16H18N4O4S/c1-11-2-3-12(8-14(11)20(22)23)15(21)18-16-17-13(10-25-16)9-19-4-6-24-7-5-19/h2-3,8,10H,4-7,9H2,1H3,(H,17,18,21). The van der Waals surface area contributed by atoms with E-state index in [1.807, 2.05) is 5.38 Å². The van der Waals surface area contributed by atoms with E-state index in [1.54, 1.807) is 19.1 Å². The highest BCUT2D eigenvalue weighted by Crippen LogP contribution is 2.22. The number of hydrogen-bond donors (Lipinski definition) is 1. The average molecular weight is 362 g/mol. The lowest BCUT2D eigenvalue weighted by atomic mass is 10.1. The van der Waals surface area contributed by atoms with Gasteiger partial charge in [-0.3, -0.25) is 25.1 Å². The molecule has 132 valence electrons. The van der Waals surface area contributed by atoms with Gasteiger partial charge in [0.2, 0.25) is 0 Å². The Labute approximate surface area is 148 Å². The van der Waals surface area contributed by atoms with Crippen molar-refractivity contribution in [3.63, 3.8) is 0 Å². The largest absolute Gasteiger partial charge is 0.379 e. The van der Waals surface area contributed by atoms with Gasteiger partial charge < -0.3 is 4.74 Å². The normalized spacial score (nSPS) is 15.1. The van der Waals surface area contributed by atoms with Crippen LogP contribution in [0.3, 0.4) is 0 Å². The third kappa shape index (κ3) is 4.38. The van der Waals surface area contributed by atoms with Crippen molar-refractivity contribution in [2.45, 2.75) is 13.5 Å². The fourth-order valence-corrected chi connectivity index (χ4v) is 3.24. The van der Waals surface area contributed by atoms with E-state index < -0.39 is 10.8 Å². The number of carbonyl (C=O) groups is 1. The molecule has 0 saturated carbocycles. The van der Waals surface area contributed by atoms with Crippen LogP contribution in [0.1, 0.15) is 21.6 Å². The van der Waals surface area contributed by atoms with Crippen LogP contribution in [0.4, 0.5) is 10.8 Å². The van der Waals surface area contributed by atoms with E-state index >= 15 is 0 Å². The lowest BCUT2D eigenvalue weighted by Crippen LogP contribution is -2.35. The van der Waals surface area contributed by atoms with Crippen LogP contribution < -0.4 is 5.32 Å². The third-order valence-electron chi connectivity index (χ3n) is 3.93. The van der Waals surface area contributed by atoms with Gasteiger partial charge in [0.15, 0.2) is 5.13 Å². The van der Waals surface area contributed by atoms with Crippen molar-refractivity contribution in [2.24, 2.45) is 0 Å². The first-order valence-electron chi connectivity index (χ1n) is 7.84. The predicted octanol–water partition coefficient (Wildman–Crippen LogP) is 2.44. The molecule has 1 fully saturated rings. The second-order valence-electron chi connectivity index (χ2n) is 5.75. The van der Waals surface area contributed by atoms with Crippen LogP contribution in [-0.4, -0.2) is 47.0 Å². The van der Waals surface area contributed by atoms with E-state index in [9.17, 15) is 14.9 Å². The lowest BCUT2D eigenvalue weighted by Gasteiger charge is -2.25. The van der Waals surface area contributed by atoms with Gasteiger partial charge in [-0.15, -0.1) is 11.3 Å². The number of benzene rings is 1. The molecule has 0 aliphatic carbocycles. The summed E-state index contributed by atoms with van der Waals surface area (Å²) in [5.41, 5.74) is 1.57. The number of amides is 1. The van der Waals surface area contributed by atoms with Crippen LogP contribution in [0, 0.1) is 17.0 Å². The summed E-state index contributed by atoms with van der Waals surface area (Å²) in [5.74, 6) is -0.407. The first-order chi connectivity index (χ1) is 12.0. The maximum atomic E-state index is 12.3. The molecule has 0 atom stereocenters. The molecule has 0 spiro atoms. The second kappa shape index (κ2) is 7.68. The number of aryl methyl sites for hydroxylation is 1. The van der Waals surface area contributed by atoms with Crippen LogP contribution in [0.25, 0.3) is 0 Å². The molecule has 2 aromatic rings. The number of carbonyl (C=O) groups excluding carboxylic acids is 1. The van der Waals surface area contributed by atoms with Crippen LogP contribution in [0.15, 0.2) is 23.6 Å². The van der Waals surface area contributed by atoms with Crippen LogP contribution in [-0.2, 0) is 11.3 Å². The van der Waals surface area contributed by atoms with Crippen molar-refractivity contribution in [3.05, 3.63) is 50.5 Å². The van der Waals surface area contributed by atoms with E-state index in [4.69, 9.17) is 4.74 Å². The number of nitrogens with zero attached hydrogens (tertiary/aromatic N) is 3. The predicted molar refractivity (Wildman–Crippen MR) is 94.0 cm³/mol. The minimum absolute atomic E-state index is 0.0696. The molecule has 8 nitrogen and oxygen atoms in total. The summed E-state index contributed by atoms with van der Waals surface area (Å²) >= 11 is 1.34. The zero-order chi connectivity index (χ0) is 17.8. The molecular formula is C16H18N4O4S. The van der Waals surface area contributed by atoms with Gasteiger partial charge in [0, 0.05) is 42.2 Å². The van der Waals surface area contributed by atoms with Crippen LogP contribution in [0.5, 0.6) is 0 Å². The van der Waals surface area contributed by atoms with E-state index in [0.29, 0.717) is 17.2 Å². The average Bonchev–Trinajstić information content (AvgIpc) is 3.02. The fraction of sp³-hybridized carbons (Fsp3) is 0.375. The number of anilines is 1. The number of thiazole rings is 1. The molecular weight excluding hydrogens is 344 g/mol. The molecule has 1 N–H and O–H groups in total. The number of aromatic nitrogens is 1. The molecule has 3 rings (SSSR count). The summed E-state index contributed by atoms with van der Waals surface area (Å²) in [4.78, 5) is 29.5. The number of hydrogen-bond acceptors (Lipinski definition) is 7. The van der Waals surface area contributed by atoms with E-state index in [-0.39, 0.29) is 11.3 Å². The molecule has 1 aliphatic heterocycles. The summed E-state index contributed by atoms with van der Waals surface area (Å²) in [6.07, 6.45) is 0. The Balaban J connectivity index is 1.65. The van der Waals surface area contributed by atoms with Crippen molar-refractivity contribution in [2.75, 3.05) is 31.6 Å². The molecule has 9 heteroatoms. The lowest BCUT2D eigenvalue weighted by molar-refractivity contribution is -0.385. The maximum Gasteiger partial charge on any atom is 0.273 e.